The van der Waals surface area contributed by atoms with Crippen molar-refractivity contribution in [1.82, 2.24) is 4.90 Å². The lowest BCUT2D eigenvalue weighted by Crippen LogP contribution is -2.53. The van der Waals surface area contributed by atoms with E-state index in [1.807, 2.05) is 24.3 Å². The number of carbonyl (C=O) groups excluding carboxylic acids is 1. The van der Waals surface area contributed by atoms with E-state index in [1.54, 1.807) is 32.2 Å². The molecule has 0 spiro atoms. The summed E-state index contributed by atoms with van der Waals surface area (Å²) in [6.07, 6.45) is 1.17. The first-order valence-electron chi connectivity index (χ1n) is 9.54. The van der Waals surface area contributed by atoms with Gasteiger partial charge in [0.25, 0.3) is 0 Å². The van der Waals surface area contributed by atoms with Crippen LogP contribution < -0.4 is 4.74 Å². The maximum absolute atomic E-state index is 12.3. The van der Waals surface area contributed by atoms with Crippen LogP contribution in [0.15, 0.2) is 35.9 Å². The van der Waals surface area contributed by atoms with Gasteiger partial charge in [0.15, 0.2) is 0 Å². The second-order valence-electron chi connectivity index (χ2n) is 7.16. The van der Waals surface area contributed by atoms with Crippen LogP contribution in [0.25, 0.3) is 0 Å². The van der Waals surface area contributed by atoms with Crippen molar-refractivity contribution >= 4 is 11.8 Å². The highest BCUT2D eigenvalue weighted by atomic mass is 16.6. The molecule has 3 atom stereocenters. The Morgan fingerprint density at radius 3 is 2.47 bits per heavy atom. The van der Waals surface area contributed by atoms with E-state index in [1.165, 1.54) is 4.90 Å². The van der Waals surface area contributed by atoms with E-state index >= 15 is 0 Å². The maximum atomic E-state index is 12.3. The zero-order chi connectivity index (χ0) is 21.9. The number of hydrogen-bond acceptors (Lipinski definition) is 7. The van der Waals surface area contributed by atoms with Crippen LogP contribution >= 0.6 is 0 Å². The van der Waals surface area contributed by atoms with Gasteiger partial charge in [0.05, 0.1) is 43.6 Å². The van der Waals surface area contributed by atoms with Gasteiger partial charge in [-0.1, -0.05) is 18.2 Å². The van der Waals surface area contributed by atoms with Crippen molar-refractivity contribution in [2.24, 2.45) is 17.3 Å². The molecule has 30 heavy (non-hydrogen) atoms. The Kier molecular flexibility index (Phi) is 5.76. The summed E-state index contributed by atoms with van der Waals surface area (Å²) < 4.78 is 10.3. The number of carbonyl (C=O) groups is 1. The van der Waals surface area contributed by atoms with E-state index in [4.69, 9.17) is 14.9 Å². The third kappa shape index (κ3) is 3.15. The summed E-state index contributed by atoms with van der Waals surface area (Å²) in [6, 6.07) is 13.2. The molecule has 0 unspecified atom stereocenters. The van der Waals surface area contributed by atoms with Crippen LogP contribution in [0.5, 0.6) is 5.75 Å². The molecule has 8 heteroatoms. The number of fused-ring (bicyclic) bond motifs is 1. The molecule has 1 aliphatic carbocycles. The molecule has 3 rings (SSSR count). The van der Waals surface area contributed by atoms with Gasteiger partial charge in [0.1, 0.15) is 5.75 Å². The van der Waals surface area contributed by atoms with Gasteiger partial charge in [-0.3, -0.25) is 0 Å². The number of ether oxygens (including phenoxy) is 2. The van der Waals surface area contributed by atoms with Crippen molar-refractivity contribution in [1.29, 1.82) is 21.2 Å². The molecule has 0 aromatic heterocycles. The molecule has 0 bridgehead atoms. The lowest BCUT2D eigenvalue weighted by atomic mass is 9.55. The number of amides is 1. The van der Waals surface area contributed by atoms with Gasteiger partial charge < -0.3 is 19.8 Å². The summed E-state index contributed by atoms with van der Waals surface area (Å²) in [6.45, 7) is 2.31. The Hall–Kier alpha value is -3.83. The van der Waals surface area contributed by atoms with Crippen molar-refractivity contribution in [2.75, 3.05) is 26.8 Å². The van der Waals surface area contributed by atoms with E-state index in [-0.39, 0.29) is 25.4 Å². The number of benzene rings is 1. The van der Waals surface area contributed by atoms with E-state index < -0.39 is 29.3 Å². The highest BCUT2D eigenvalue weighted by Crippen LogP contribution is 2.52. The quantitative estimate of drug-likeness (QED) is 0.771. The molecule has 1 fully saturated rings. The molecule has 1 saturated carbocycles. The fraction of sp³-hybridized carbons (Fsp3) is 0.409. The molecule has 8 nitrogen and oxygen atoms in total. The normalized spacial score (nSPS) is 24.4. The van der Waals surface area contributed by atoms with Gasteiger partial charge >= 0.3 is 6.09 Å². The molecule has 0 saturated heterocycles. The van der Waals surface area contributed by atoms with Gasteiger partial charge in [-0.25, -0.2) is 4.79 Å². The Morgan fingerprint density at radius 1 is 1.27 bits per heavy atom. The summed E-state index contributed by atoms with van der Waals surface area (Å²) in [7, 11) is 1.55. The molecule has 1 aromatic carbocycles. The van der Waals surface area contributed by atoms with E-state index in [0.29, 0.717) is 11.3 Å². The van der Waals surface area contributed by atoms with Gasteiger partial charge in [0.2, 0.25) is 5.41 Å². The Labute approximate surface area is 175 Å². The predicted octanol–water partition coefficient (Wildman–Crippen LogP) is 3.00. The van der Waals surface area contributed by atoms with E-state index in [0.717, 1.165) is 5.56 Å². The van der Waals surface area contributed by atoms with Gasteiger partial charge in [-0.15, -0.1) is 0 Å². The zero-order valence-corrected chi connectivity index (χ0v) is 16.8. The van der Waals surface area contributed by atoms with Crippen LogP contribution in [-0.2, 0) is 4.74 Å². The summed E-state index contributed by atoms with van der Waals surface area (Å²) in [5, 5.41) is 38.2. The van der Waals surface area contributed by atoms with Crippen LogP contribution in [0.4, 0.5) is 4.79 Å². The fourth-order valence-corrected chi connectivity index (χ4v) is 4.34. The number of nitrogens with zero attached hydrogens (tertiary/aromatic N) is 4. The number of nitrogens with one attached hydrogen (secondary N) is 1. The first-order chi connectivity index (χ1) is 14.5. The molecule has 1 aromatic rings. The van der Waals surface area contributed by atoms with Crippen LogP contribution in [0.3, 0.4) is 0 Å². The number of hydrogen-bond donors (Lipinski definition) is 1. The molecule has 1 amide bonds. The first kappa shape index (κ1) is 20.9. The third-order valence-corrected chi connectivity index (χ3v) is 5.79. The largest absolute Gasteiger partial charge is 0.497 e. The van der Waals surface area contributed by atoms with Gasteiger partial charge in [0, 0.05) is 24.9 Å². The Bertz CT molecular complexity index is 995. The molecular formula is C22H21N5O3. The molecule has 1 aliphatic heterocycles. The third-order valence-electron chi connectivity index (χ3n) is 5.79. The van der Waals surface area contributed by atoms with Gasteiger partial charge in [-0.05, 0) is 30.2 Å². The minimum absolute atomic E-state index is 0.176. The van der Waals surface area contributed by atoms with Crippen LogP contribution in [0, 0.1) is 56.7 Å². The molecule has 1 N–H and O–H groups in total. The molecular weight excluding hydrogens is 382 g/mol. The second-order valence-corrected chi connectivity index (χ2v) is 7.16. The van der Waals surface area contributed by atoms with E-state index in [2.05, 4.69) is 6.07 Å². The average Bonchev–Trinajstić information content (AvgIpc) is 2.78. The lowest BCUT2D eigenvalue weighted by molar-refractivity contribution is 0.0998. The van der Waals surface area contributed by atoms with Crippen LogP contribution in [0.2, 0.25) is 0 Å². The first-order valence-corrected chi connectivity index (χ1v) is 9.54. The van der Waals surface area contributed by atoms with Crippen LogP contribution in [-0.4, -0.2) is 43.5 Å². The lowest BCUT2D eigenvalue weighted by Gasteiger charge is -2.47. The van der Waals surface area contributed by atoms with Crippen molar-refractivity contribution in [3.63, 3.8) is 0 Å². The van der Waals surface area contributed by atoms with Crippen molar-refractivity contribution in [2.45, 2.75) is 12.8 Å². The fourth-order valence-electron chi connectivity index (χ4n) is 4.34. The van der Waals surface area contributed by atoms with Crippen molar-refractivity contribution in [3.05, 3.63) is 41.5 Å². The predicted molar refractivity (Wildman–Crippen MR) is 106 cm³/mol. The van der Waals surface area contributed by atoms with Gasteiger partial charge in [-0.2, -0.15) is 15.8 Å². The molecule has 2 aliphatic rings. The number of rotatable bonds is 3. The summed E-state index contributed by atoms with van der Waals surface area (Å²) >= 11 is 0. The summed E-state index contributed by atoms with van der Waals surface area (Å²) in [4.78, 5) is 13.8. The maximum Gasteiger partial charge on any atom is 0.410 e. The Balaban J connectivity index is 2.15. The molecule has 0 radical (unpaired) electrons. The minimum Gasteiger partial charge on any atom is -0.497 e. The van der Waals surface area contributed by atoms with Crippen molar-refractivity contribution < 1.29 is 14.3 Å². The zero-order valence-electron chi connectivity index (χ0n) is 16.8. The second kappa shape index (κ2) is 8.27. The average molecular weight is 403 g/mol. The highest BCUT2D eigenvalue weighted by molar-refractivity contribution is 6.01. The van der Waals surface area contributed by atoms with Crippen molar-refractivity contribution in [3.8, 4) is 24.0 Å². The SMILES string of the molecule is CCOC(=O)N1CC=C2[C@H](C1)[C@H](c1ccc(OC)cc1)[C@H](C#N)C(=N)C2(C#N)C#N. The monoisotopic (exact) mass is 403 g/mol. The minimum atomic E-state index is -1.81. The van der Waals surface area contributed by atoms with E-state index in [9.17, 15) is 20.6 Å². The molecule has 1 heterocycles. The number of nitriles is 3. The summed E-state index contributed by atoms with van der Waals surface area (Å²) in [5.74, 6) is -1.31. The Morgan fingerprint density at radius 2 is 1.93 bits per heavy atom. The smallest absolute Gasteiger partial charge is 0.410 e. The standard InChI is InChI=1S/C22H21N5O3/c1-3-30-21(28)27-9-8-18-17(11-27)19(14-4-6-15(29-2)7-5-14)16(10-23)20(26)22(18,12-24)13-25/h4-8,16-17,19,26H,3,9,11H2,1-2H3/t16-,17-,19+/m0/s1. The summed E-state index contributed by atoms with van der Waals surface area (Å²) in [5.41, 5.74) is -0.777. The molecule has 152 valence electrons. The topological polar surface area (TPSA) is 134 Å². The highest BCUT2D eigenvalue weighted by Gasteiger charge is 2.56. The number of methoxy groups -OCH3 is 1. The van der Waals surface area contributed by atoms with Crippen LogP contribution in [0.1, 0.15) is 18.4 Å².